The smallest absolute Gasteiger partial charge is 0.257 e. The Labute approximate surface area is 194 Å². The summed E-state index contributed by atoms with van der Waals surface area (Å²) in [7, 11) is 1.76. The maximum absolute atomic E-state index is 12.6. The molecule has 33 heavy (non-hydrogen) atoms. The van der Waals surface area contributed by atoms with Crippen molar-refractivity contribution in [3.8, 4) is 11.5 Å². The molecule has 1 fully saturated rings. The number of nitrogens with one attached hydrogen (secondary N) is 1. The molecule has 0 bridgehead atoms. The highest BCUT2D eigenvalue weighted by Crippen LogP contribution is 2.20. The zero-order valence-electron chi connectivity index (χ0n) is 19.0. The molecule has 1 N–H and O–H groups in total. The Morgan fingerprint density at radius 1 is 0.970 bits per heavy atom. The van der Waals surface area contributed by atoms with Crippen molar-refractivity contribution in [1.29, 1.82) is 0 Å². The first kappa shape index (κ1) is 22.7. The molecule has 0 aliphatic heterocycles. The van der Waals surface area contributed by atoms with Gasteiger partial charge in [0.15, 0.2) is 5.82 Å². The molecule has 1 saturated carbocycles. The van der Waals surface area contributed by atoms with E-state index in [9.17, 15) is 9.59 Å². The van der Waals surface area contributed by atoms with E-state index in [1.54, 1.807) is 36.2 Å². The molecule has 7 nitrogen and oxygen atoms in total. The second-order valence-corrected chi connectivity index (χ2v) is 8.60. The lowest BCUT2D eigenvalue weighted by atomic mass is 10.1. The van der Waals surface area contributed by atoms with E-state index in [0.717, 1.165) is 18.4 Å². The Bertz CT molecular complexity index is 1050. The lowest BCUT2D eigenvalue weighted by Gasteiger charge is -2.16. The molecule has 2 amide bonds. The summed E-state index contributed by atoms with van der Waals surface area (Å²) in [5, 5.41) is 7.20. The largest absolute Gasteiger partial charge is 0.349 e. The summed E-state index contributed by atoms with van der Waals surface area (Å²) in [6.45, 7) is 0.479. The highest BCUT2D eigenvalue weighted by Gasteiger charge is 2.17. The first-order chi connectivity index (χ1) is 16.1. The van der Waals surface area contributed by atoms with Crippen LogP contribution in [0.15, 0.2) is 59.1 Å². The number of likely N-dealkylation sites (N-methyl/N-ethyl adjacent to an activating group) is 1. The van der Waals surface area contributed by atoms with Crippen LogP contribution in [0.1, 0.15) is 65.1 Å². The van der Waals surface area contributed by atoms with E-state index in [1.165, 1.54) is 25.7 Å². The third kappa shape index (κ3) is 6.06. The predicted molar refractivity (Wildman–Crippen MR) is 126 cm³/mol. The van der Waals surface area contributed by atoms with Crippen LogP contribution in [-0.2, 0) is 6.42 Å². The second kappa shape index (κ2) is 10.9. The van der Waals surface area contributed by atoms with E-state index >= 15 is 0 Å². The highest BCUT2D eigenvalue weighted by molar-refractivity contribution is 5.95. The summed E-state index contributed by atoms with van der Waals surface area (Å²) < 4.78 is 5.40. The molecular weight excluding hydrogens is 416 g/mol. The molecule has 0 saturated heterocycles. The number of benzene rings is 2. The van der Waals surface area contributed by atoms with Crippen LogP contribution in [-0.4, -0.2) is 46.5 Å². The third-order valence-corrected chi connectivity index (χ3v) is 6.09. The molecular formula is C26H30N4O3. The van der Waals surface area contributed by atoms with Gasteiger partial charge in [-0.3, -0.25) is 9.59 Å². The van der Waals surface area contributed by atoms with Crippen molar-refractivity contribution in [2.75, 3.05) is 13.6 Å². The maximum Gasteiger partial charge on any atom is 0.257 e. The minimum Gasteiger partial charge on any atom is -0.349 e. The first-order valence-corrected chi connectivity index (χ1v) is 11.6. The molecule has 1 aliphatic rings. The average molecular weight is 447 g/mol. The van der Waals surface area contributed by atoms with Crippen molar-refractivity contribution in [2.24, 2.45) is 0 Å². The van der Waals surface area contributed by atoms with Crippen molar-refractivity contribution in [3.05, 3.63) is 71.5 Å². The van der Waals surface area contributed by atoms with Crippen LogP contribution in [0.5, 0.6) is 0 Å². The molecule has 0 atom stereocenters. The molecule has 0 unspecified atom stereocenters. The van der Waals surface area contributed by atoms with E-state index < -0.39 is 0 Å². The van der Waals surface area contributed by atoms with Crippen LogP contribution in [0.4, 0.5) is 0 Å². The van der Waals surface area contributed by atoms with Crippen LogP contribution in [0.25, 0.3) is 11.5 Å². The number of carbonyl (C=O) groups excluding carboxylic acids is 2. The van der Waals surface area contributed by atoms with Gasteiger partial charge in [-0.2, -0.15) is 4.98 Å². The predicted octanol–water partition coefficient (Wildman–Crippen LogP) is 4.50. The number of carbonyl (C=O) groups is 2. The molecule has 0 radical (unpaired) electrons. The molecule has 3 aromatic rings. The Balaban J connectivity index is 1.31. The zero-order chi connectivity index (χ0) is 23.0. The van der Waals surface area contributed by atoms with E-state index in [4.69, 9.17) is 4.52 Å². The Hall–Kier alpha value is -3.48. The van der Waals surface area contributed by atoms with Gasteiger partial charge in [0.25, 0.3) is 17.7 Å². The van der Waals surface area contributed by atoms with Crippen molar-refractivity contribution in [3.63, 3.8) is 0 Å². The van der Waals surface area contributed by atoms with Gasteiger partial charge in [0.1, 0.15) is 0 Å². The number of aromatic nitrogens is 2. The van der Waals surface area contributed by atoms with E-state index in [2.05, 4.69) is 15.5 Å². The second-order valence-electron chi connectivity index (χ2n) is 8.60. The van der Waals surface area contributed by atoms with E-state index in [-0.39, 0.29) is 17.9 Å². The quantitative estimate of drug-likeness (QED) is 0.540. The number of hydrogen-bond donors (Lipinski definition) is 1. The number of amides is 2. The maximum atomic E-state index is 12.6. The average Bonchev–Trinajstić information content (AvgIpc) is 3.19. The van der Waals surface area contributed by atoms with Gasteiger partial charge in [0.05, 0.1) is 0 Å². The van der Waals surface area contributed by atoms with Gasteiger partial charge < -0.3 is 14.7 Å². The van der Waals surface area contributed by atoms with Gasteiger partial charge in [0, 0.05) is 42.7 Å². The highest BCUT2D eigenvalue weighted by atomic mass is 16.5. The zero-order valence-corrected chi connectivity index (χ0v) is 19.0. The molecule has 4 rings (SSSR count). The van der Waals surface area contributed by atoms with Crippen molar-refractivity contribution in [1.82, 2.24) is 20.4 Å². The molecule has 1 aromatic heterocycles. The van der Waals surface area contributed by atoms with Crippen LogP contribution in [0.2, 0.25) is 0 Å². The minimum atomic E-state index is -0.0444. The van der Waals surface area contributed by atoms with E-state index in [0.29, 0.717) is 35.8 Å². The fourth-order valence-electron chi connectivity index (χ4n) is 4.10. The topological polar surface area (TPSA) is 88.3 Å². The molecule has 172 valence electrons. The summed E-state index contributed by atoms with van der Waals surface area (Å²) in [6, 6.07) is 16.7. The summed E-state index contributed by atoms with van der Waals surface area (Å²) in [4.78, 5) is 31.1. The third-order valence-electron chi connectivity index (χ3n) is 6.09. The molecule has 0 spiro atoms. The first-order valence-electron chi connectivity index (χ1n) is 11.6. The van der Waals surface area contributed by atoms with Crippen LogP contribution < -0.4 is 5.32 Å². The molecule has 2 aromatic carbocycles. The molecule has 1 aliphatic carbocycles. The monoisotopic (exact) mass is 446 g/mol. The summed E-state index contributed by atoms with van der Waals surface area (Å²) in [6.07, 6.45) is 7.47. The summed E-state index contributed by atoms with van der Waals surface area (Å²) in [5.41, 5.74) is 2.04. The summed E-state index contributed by atoms with van der Waals surface area (Å²) in [5.74, 6) is 0.855. The lowest BCUT2D eigenvalue weighted by molar-refractivity contribution is 0.0795. The van der Waals surface area contributed by atoms with Gasteiger partial charge in [-0.15, -0.1) is 0 Å². The Morgan fingerprint density at radius 3 is 2.36 bits per heavy atom. The van der Waals surface area contributed by atoms with E-state index in [1.807, 2.05) is 30.3 Å². The molecule has 1 heterocycles. The van der Waals surface area contributed by atoms with Gasteiger partial charge in [-0.05, 0) is 49.2 Å². The van der Waals surface area contributed by atoms with Crippen LogP contribution in [0, 0.1) is 0 Å². The van der Waals surface area contributed by atoms with Crippen molar-refractivity contribution < 1.29 is 14.1 Å². The standard InChI is InChI=1S/C26H30N4O3/c1-30(26(32)21-9-5-4-6-10-21)18-17-23-28-25(33-29-23)20-15-13-19(14-16-20)24(31)27-22-11-7-2-3-8-12-22/h4-6,9-10,13-16,22H,2-3,7-8,11-12,17-18H2,1H3,(H,27,31). The fourth-order valence-corrected chi connectivity index (χ4v) is 4.10. The fraction of sp³-hybridized carbons (Fsp3) is 0.385. The number of hydrogen-bond acceptors (Lipinski definition) is 5. The van der Waals surface area contributed by atoms with Crippen molar-refractivity contribution in [2.45, 2.75) is 51.0 Å². The Kier molecular flexibility index (Phi) is 7.50. The van der Waals surface area contributed by atoms with Crippen LogP contribution in [0.3, 0.4) is 0 Å². The lowest BCUT2D eigenvalue weighted by Crippen LogP contribution is -2.34. The summed E-state index contributed by atoms with van der Waals surface area (Å²) >= 11 is 0. The van der Waals surface area contributed by atoms with Gasteiger partial charge >= 0.3 is 0 Å². The number of nitrogens with zero attached hydrogens (tertiary/aromatic N) is 3. The van der Waals surface area contributed by atoms with Gasteiger partial charge in [0.2, 0.25) is 0 Å². The van der Waals surface area contributed by atoms with Crippen LogP contribution >= 0.6 is 0 Å². The SMILES string of the molecule is CN(CCc1noc(-c2ccc(C(=O)NC3CCCCCC3)cc2)n1)C(=O)c1ccccc1. The van der Waals surface area contributed by atoms with Gasteiger partial charge in [-0.25, -0.2) is 0 Å². The van der Waals surface area contributed by atoms with Crippen molar-refractivity contribution >= 4 is 11.8 Å². The Morgan fingerprint density at radius 2 is 1.67 bits per heavy atom. The molecule has 7 heteroatoms. The normalized spacial score (nSPS) is 14.5. The number of rotatable bonds is 7. The van der Waals surface area contributed by atoms with Gasteiger partial charge in [-0.1, -0.05) is 49.0 Å². The minimum absolute atomic E-state index is 0.0363.